The second kappa shape index (κ2) is 8.83. The largest absolute Gasteiger partial charge is 0.436 e. The molecule has 0 aromatic carbocycles. The van der Waals surface area contributed by atoms with E-state index >= 15 is 0 Å². The molecule has 3 rings (SSSR count). The van der Waals surface area contributed by atoms with Gasteiger partial charge in [0.05, 0.1) is 16.7 Å². The average Bonchev–Trinajstić information content (AvgIpc) is 3.34. The fourth-order valence-electron chi connectivity index (χ4n) is 3.13. The second-order valence-electron chi connectivity index (χ2n) is 7.37. The van der Waals surface area contributed by atoms with Crippen molar-refractivity contribution in [1.29, 1.82) is 0 Å². The molecule has 1 aliphatic carbocycles. The van der Waals surface area contributed by atoms with Crippen LogP contribution in [0.3, 0.4) is 0 Å². The van der Waals surface area contributed by atoms with E-state index in [1.807, 2.05) is 0 Å². The first-order valence-electron chi connectivity index (χ1n) is 9.59. The number of nitrogens with one attached hydrogen (secondary N) is 1. The zero-order valence-corrected chi connectivity index (χ0v) is 18.0. The third kappa shape index (κ3) is 5.80. The molecule has 1 saturated carbocycles. The van der Waals surface area contributed by atoms with Gasteiger partial charge in [-0.05, 0) is 48.2 Å². The van der Waals surface area contributed by atoms with Gasteiger partial charge >= 0.3 is 12.4 Å². The molecule has 0 aliphatic heterocycles. The molecule has 1 aliphatic rings. The molecule has 0 bridgehead atoms. The summed E-state index contributed by atoms with van der Waals surface area (Å²) in [5.41, 5.74) is -1.16. The number of aromatic nitrogens is 4. The van der Waals surface area contributed by atoms with Crippen LogP contribution in [0.15, 0.2) is 10.5 Å². The Morgan fingerprint density at radius 2 is 1.81 bits per heavy atom. The normalized spacial score (nSPS) is 14.8. The monoisotopic (exact) mass is 515 g/mol. The quantitative estimate of drug-likeness (QED) is 0.410. The number of nitrogens with zero attached hydrogens (tertiary/aromatic N) is 4. The van der Waals surface area contributed by atoms with Crippen LogP contribution in [0.4, 0.5) is 26.3 Å². The van der Waals surface area contributed by atoms with Crippen molar-refractivity contribution in [3.05, 3.63) is 33.3 Å². The van der Waals surface area contributed by atoms with Gasteiger partial charge in [0.25, 0.3) is 0 Å². The van der Waals surface area contributed by atoms with Crippen LogP contribution in [0.1, 0.15) is 54.4 Å². The van der Waals surface area contributed by atoms with Crippen molar-refractivity contribution in [2.45, 2.75) is 64.0 Å². The summed E-state index contributed by atoms with van der Waals surface area (Å²) in [6, 6.07) is 1.08. The van der Waals surface area contributed by atoms with E-state index in [0.717, 1.165) is 23.6 Å². The Bertz CT molecular complexity index is 945. The lowest BCUT2D eigenvalue weighted by atomic mass is 10.2. The third-order valence-electron chi connectivity index (χ3n) is 4.92. The molecule has 13 heteroatoms. The Morgan fingerprint density at radius 1 is 1.13 bits per heavy atom. The van der Waals surface area contributed by atoms with Gasteiger partial charge in [-0.2, -0.15) is 36.5 Å². The van der Waals surface area contributed by atoms with Crippen molar-refractivity contribution < 1.29 is 31.1 Å². The minimum absolute atomic E-state index is 0.0354. The van der Waals surface area contributed by atoms with Gasteiger partial charge in [-0.15, -0.1) is 0 Å². The van der Waals surface area contributed by atoms with Gasteiger partial charge in [0.15, 0.2) is 11.4 Å². The summed E-state index contributed by atoms with van der Waals surface area (Å²) in [5.74, 6) is -0.296. The van der Waals surface area contributed by atoms with Crippen molar-refractivity contribution in [2.24, 2.45) is 0 Å². The fourth-order valence-corrected chi connectivity index (χ4v) is 3.64. The van der Waals surface area contributed by atoms with Crippen molar-refractivity contribution in [2.75, 3.05) is 6.54 Å². The smallest absolute Gasteiger partial charge is 0.356 e. The predicted molar refractivity (Wildman–Crippen MR) is 101 cm³/mol. The molecule has 1 amide bonds. The van der Waals surface area contributed by atoms with Crippen molar-refractivity contribution in [3.63, 3.8) is 0 Å². The molecule has 0 radical (unpaired) electrons. The van der Waals surface area contributed by atoms with E-state index in [2.05, 4.69) is 31.4 Å². The maximum absolute atomic E-state index is 12.9. The molecule has 0 unspecified atom stereocenters. The van der Waals surface area contributed by atoms with E-state index in [-0.39, 0.29) is 42.1 Å². The van der Waals surface area contributed by atoms with Gasteiger partial charge in [0, 0.05) is 31.1 Å². The number of rotatable bonds is 8. The standard InChI is InChI=1S/C18H20BrF6N5O/c1-10-15(19)16(18(23,24)25)28-29(10)8-5-14(31)26-6-2-7-30-12(11-3-4-11)9-13(27-30)17(20,21)22/h9,11H,2-8H2,1H3,(H,26,31). The van der Waals surface area contributed by atoms with Crippen LogP contribution in [0, 0.1) is 6.92 Å². The number of alkyl halides is 6. The molecule has 2 heterocycles. The van der Waals surface area contributed by atoms with Crippen molar-refractivity contribution in [1.82, 2.24) is 24.9 Å². The number of carbonyl (C=O) groups is 1. The van der Waals surface area contributed by atoms with Crippen LogP contribution in [0.5, 0.6) is 0 Å². The molecule has 2 aromatic heterocycles. The van der Waals surface area contributed by atoms with E-state index < -0.39 is 29.6 Å². The van der Waals surface area contributed by atoms with E-state index in [1.165, 1.54) is 11.6 Å². The summed E-state index contributed by atoms with van der Waals surface area (Å²) in [5, 5.41) is 9.77. The fraction of sp³-hybridized carbons (Fsp3) is 0.611. The highest BCUT2D eigenvalue weighted by atomic mass is 79.9. The van der Waals surface area contributed by atoms with E-state index in [1.54, 1.807) is 0 Å². The van der Waals surface area contributed by atoms with E-state index in [4.69, 9.17) is 0 Å². The molecule has 0 atom stereocenters. The molecule has 2 aromatic rings. The van der Waals surface area contributed by atoms with Crippen LogP contribution >= 0.6 is 15.9 Å². The number of hydrogen-bond acceptors (Lipinski definition) is 3. The van der Waals surface area contributed by atoms with Gasteiger partial charge in [0.1, 0.15) is 0 Å². The predicted octanol–water partition coefficient (Wildman–Crippen LogP) is 4.66. The molecule has 1 fully saturated rings. The summed E-state index contributed by atoms with van der Waals surface area (Å²) in [7, 11) is 0. The first-order valence-corrected chi connectivity index (χ1v) is 10.4. The molecule has 172 valence electrons. The summed E-state index contributed by atoms with van der Waals surface area (Å²) < 4.78 is 79.6. The molecule has 6 nitrogen and oxygen atoms in total. The van der Waals surface area contributed by atoms with Crippen LogP contribution in [0.2, 0.25) is 0 Å². The minimum atomic E-state index is -4.60. The summed E-state index contributed by atoms with van der Waals surface area (Å²) in [6.45, 7) is 1.86. The number of carbonyl (C=O) groups excluding carboxylic acids is 1. The van der Waals surface area contributed by atoms with Crippen LogP contribution < -0.4 is 5.32 Å². The number of hydrogen-bond donors (Lipinski definition) is 1. The number of amides is 1. The van der Waals surface area contributed by atoms with Crippen LogP contribution in [0.25, 0.3) is 0 Å². The lowest BCUT2D eigenvalue weighted by Gasteiger charge is -2.09. The molecule has 31 heavy (non-hydrogen) atoms. The maximum Gasteiger partial charge on any atom is 0.436 e. The number of halogens is 7. The summed E-state index contributed by atoms with van der Waals surface area (Å²) in [6.07, 6.45) is -7.16. The molecule has 1 N–H and O–H groups in total. The van der Waals surface area contributed by atoms with E-state index in [9.17, 15) is 31.1 Å². The molecule has 0 saturated heterocycles. The Morgan fingerprint density at radius 3 is 2.35 bits per heavy atom. The topological polar surface area (TPSA) is 64.7 Å². The first-order chi connectivity index (χ1) is 14.4. The maximum atomic E-state index is 12.9. The lowest BCUT2D eigenvalue weighted by Crippen LogP contribution is -2.26. The Labute approximate surface area is 182 Å². The third-order valence-corrected chi connectivity index (χ3v) is 5.87. The Kier molecular flexibility index (Phi) is 6.72. The second-order valence-corrected chi connectivity index (χ2v) is 8.17. The molecular weight excluding hydrogens is 496 g/mol. The highest BCUT2D eigenvalue weighted by Crippen LogP contribution is 2.42. The van der Waals surface area contributed by atoms with Crippen LogP contribution in [-0.4, -0.2) is 32.0 Å². The van der Waals surface area contributed by atoms with Gasteiger partial charge in [0.2, 0.25) is 5.91 Å². The van der Waals surface area contributed by atoms with E-state index in [0.29, 0.717) is 12.1 Å². The first kappa shape index (κ1) is 23.6. The zero-order valence-electron chi connectivity index (χ0n) is 16.4. The molecular formula is C18H20BrF6N5O. The van der Waals surface area contributed by atoms with Crippen molar-refractivity contribution >= 4 is 21.8 Å². The zero-order chi connectivity index (χ0) is 23.0. The molecule has 0 spiro atoms. The van der Waals surface area contributed by atoms with Gasteiger partial charge in [-0.3, -0.25) is 14.2 Å². The van der Waals surface area contributed by atoms with Gasteiger partial charge in [-0.1, -0.05) is 0 Å². The van der Waals surface area contributed by atoms with Crippen molar-refractivity contribution in [3.8, 4) is 0 Å². The number of aryl methyl sites for hydroxylation is 2. The Balaban J connectivity index is 1.47. The SMILES string of the molecule is Cc1c(Br)c(C(F)(F)F)nn1CCC(=O)NCCCn1nc(C(F)(F)F)cc1C1CC1. The minimum Gasteiger partial charge on any atom is -0.356 e. The Hall–Kier alpha value is -2.05. The van der Waals surface area contributed by atoms with Gasteiger partial charge < -0.3 is 5.32 Å². The lowest BCUT2D eigenvalue weighted by molar-refractivity contribution is -0.142. The average molecular weight is 516 g/mol. The highest BCUT2D eigenvalue weighted by molar-refractivity contribution is 9.10. The van der Waals surface area contributed by atoms with Crippen LogP contribution in [-0.2, 0) is 30.2 Å². The summed E-state index contributed by atoms with van der Waals surface area (Å²) >= 11 is 2.87. The highest BCUT2D eigenvalue weighted by Gasteiger charge is 2.38. The van der Waals surface area contributed by atoms with Gasteiger partial charge in [-0.25, -0.2) is 0 Å². The summed E-state index contributed by atoms with van der Waals surface area (Å²) in [4.78, 5) is 12.0.